The van der Waals surface area contributed by atoms with Crippen molar-refractivity contribution < 1.29 is 9.59 Å². The van der Waals surface area contributed by atoms with Crippen LogP contribution in [0.5, 0.6) is 0 Å². The van der Waals surface area contributed by atoms with E-state index in [1.807, 2.05) is 30.3 Å². The molecule has 2 N–H and O–H groups in total. The van der Waals surface area contributed by atoms with Crippen molar-refractivity contribution in [1.82, 2.24) is 10.6 Å². The van der Waals surface area contributed by atoms with Gasteiger partial charge in [-0.15, -0.1) is 0 Å². The molecule has 33 heavy (non-hydrogen) atoms. The Hall–Kier alpha value is -2.07. The van der Waals surface area contributed by atoms with Gasteiger partial charge in [0.2, 0.25) is 11.6 Å². The zero-order valence-corrected chi connectivity index (χ0v) is 21.2. The minimum atomic E-state index is -0.299. The molecule has 0 atom stereocenters. The first kappa shape index (κ1) is 27.2. The van der Waals surface area contributed by atoms with Gasteiger partial charge in [-0.2, -0.15) is 0 Å². The van der Waals surface area contributed by atoms with Crippen LogP contribution in [0.3, 0.4) is 0 Å². The molecule has 0 saturated heterocycles. The van der Waals surface area contributed by atoms with Crippen molar-refractivity contribution in [3.8, 4) is 0 Å². The maximum atomic E-state index is 13.4. The maximum absolute atomic E-state index is 13.4. The fourth-order valence-electron chi connectivity index (χ4n) is 4.12. The van der Waals surface area contributed by atoms with E-state index in [9.17, 15) is 9.59 Å². The molecule has 1 aliphatic rings. The average molecular weight is 473 g/mol. The number of hydrogen-bond donors (Lipinski definition) is 2. The summed E-state index contributed by atoms with van der Waals surface area (Å²) in [5.74, 6) is -0.506. The van der Waals surface area contributed by atoms with Crippen LogP contribution in [-0.2, 0) is 9.59 Å². The molecule has 1 aromatic carbocycles. The van der Waals surface area contributed by atoms with Crippen molar-refractivity contribution in [2.45, 2.75) is 90.9 Å². The van der Waals surface area contributed by atoms with Crippen LogP contribution in [0.2, 0.25) is 0 Å². The van der Waals surface area contributed by atoms with E-state index in [1.165, 1.54) is 51.4 Å². The standard InChI is InChI=1S/C28H41ClN2O2/c1-3-5-7-9-11-16-20-30-25-23(22-18-14-13-15-19-22)27(32)26(24(29)28(25)33)31-21-17-12-10-8-6-4-2/h13-15,18-19,30-31H,3-12,16-17,20-21H2,1-2H3. The summed E-state index contributed by atoms with van der Waals surface area (Å²) in [4.78, 5) is 26.6. The SMILES string of the molecule is CCCCCCCCNC1=C(Cl)C(=O)C(NCCCCCCCC)=C(c2ccccc2)C1=O. The summed E-state index contributed by atoms with van der Waals surface area (Å²) < 4.78 is 0. The highest BCUT2D eigenvalue weighted by molar-refractivity contribution is 6.53. The summed E-state index contributed by atoms with van der Waals surface area (Å²) in [6, 6.07) is 9.42. The Morgan fingerprint density at radius 3 is 1.67 bits per heavy atom. The normalized spacial score (nSPS) is 14.3. The topological polar surface area (TPSA) is 58.2 Å². The number of hydrogen-bond acceptors (Lipinski definition) is 4. The van der Waals surface area contributed by atoms with Crippen molar-refractivity contribution in [3.63, 3.8) is 0 Å². The Morgan fingerprint density at radius 1 is 0.636 bits per heavy atom. The summed E-state index contributed by atoms with van der Waals surface area (Å²) >= 11 is 6.43. The van der Waals surface area contributed by atoms with Crippen molar-refractivity contribution in [1.29, 1.82) is 0 Å². The van der Waals surface area contributed by atoms with Gasteiger partial charge in [-0.25, -0.2) is 0 Å². The quantitative estimate of drug-likeness (QED) is 0.191. The number of ketones is 2. The van der Waals surface area contributed by atoms with Crippen LogP contribution in [0.4, 0.5) is 0 Å². The highest BCUT2D eigenvalue weighted by atomic mass is 35.5. The van der Waals surface area contributed by atoms with Gasteiger partial charge >= 0.3 is 0 Å². The van der Waals surface area contributed by atoms with Crippen LogP contribution in [0.1, 0.15) is 96.5 Å². The van der Waals surface area contributed by atoms with E-state index in [4.69, 9.17) is 11.6 Å². The van der Waals surface area contributed by atoms with E-state index in [-0.39, 0.29) is 22.3 Å². The van der Waals surface area contributed by atoms with Crippen LogP contribution in [0.15, 0.2) is 46.8 Å². The average Bonchev–Trinajstić information content (AvgIpc) is 2.83. The number of rotatable bonds is 17. The van der Waals surface area contributed by atoms with E-state index in [0.29, 0.717) is 24.4 Å². The molecule has 182 valence electrons. The summed E-state index contributed by atoms with van der Waals surface area (Å²) in [7, 11) is 0. The lowest BCUT2D eigenvalue weighted by Gasteiger charge is -2.23. The van der Waals surface area contributed by atoms with Gasteiger partial charge in [0, 0.05) is 13.1 Å². The van der Waals surface area contributed by atoms with Crippen LogP contribution < -0.4 is 10.6 Å². The molecular weight excluding hydrogens is 432 g/mol. The number of halogens is 1. The second-order valence-corrected chi connectivity index (χ2v) is 9.23. The van der Waals surface area contributed by atoms with Crippen LogP contribution in [-0.4, -0.2) is 24.7 Å². The highest BCUT2D eigenvalue weighted by Gasteiger charge is 2.34. The Bertz CT molecular complexity index is 814. The van der Waals surface area contributed by atoms with Crippen LogP contribution in [0, 0.1) is 0 Å². The molecule has 1 aromatic rings. The summed E-state index contributed by atoms with van der Waals surface area (Å²) in [6.45, 7) is 5.70. The lowest BCUT2D eigenvalue weighted by atomic mass is 9.91. The van der Waals surface area contributed by atoms with Gasteiger partial charge in [0.25, 0.3) is 0 Å². The van der Waals surface area contributed by atoms with Gasteiger partial charge in [-0.3, -0.25) is 9.59 Å². The van der Waals surface area contributed by atoms with Crippen molar-refractivity contribution in [3.05, 3.63) is 52.3 Å². The number of carbonyl (C=O) groups excluding carboxylic acids is 2. The maximum Gasteiger partial charge on any atom is 0.223 e. The van der Waals surface area contributed by atoms with Crippen molar-refractivity contribution >= 4 is 28.7 Å². The predicted octanol–water partition coefficient (Wildman–Crippen LogP) is 6.90. The molecule has 1 aliphatic carbocycles. The zero-order valence-electron chi connectivity index (χ0n) is 20.5. The fourth-order valence-corrected chi connectivity index (χ4v) is 4.37. The summed E-state index contributed by atoms with van der Waals surface area (Å²) in [5.41, 5.74) is 1.72. The number of Topliss-reactive ketones (excluding diaryl/α,β-unsaturated/α-hetero) is 2. The Kier molecular flexibility index (Phi) is 12.9. The van der Waals surface area contributed by atoms with Crippen molar-refractivity contribution in [2.24, 2.45) is 0 Å². The number of unbranched alkanes of at least 4 members (excludes halogenated alkanes) is 10. The van der Waals surface area contributed by atoms with Crippen LogP contribution >= 0.6 is 11.6 Å². The van der Waals surface area contributed by atoms with Gasteiger partial charge in [0.05, 0.1) is 11.3 Å². The molecule has 0 radical (unpaired) electrons. The third-order valence-electron chi connectivity index (χ3n) is 6.08. The smallest absolute Gasteiger partial charge is 0.223 e. The van der Waals surface area contributed by atoms with E-state index in [2.05, 4.69) is 24.5 Å². The fraction of sp³-hybridized carbons (Fsp3) is 0.571. The molecule has 2 rings (SSSR count). The lowest BCUT2D eigenvalue weighted by molar-refractivity contribution is -0.115. The van der Waals surface area contributed by atoms with Crippen molar-refractivity contribution in [2.75, 3.05) is 13.1 Å². The van der Waals surface area contributed by atoms with Gasteiger partial charge in [0.1, 0.15) is 10.7 Å². The predicted molar refractivity (Wildman–Crippen MR) is 139 cm³/mol. The molecule has 0 amide bonds. The van der Waals surface area contributed by atoms with E-state index < -0.39 is 0 Å². The first-order valence-electron chi connectivity index (χ1n) is 12.9. The monoisotopic (exact) mass is 472 g/mol. The first-order valence-corrected chi connectivity index (χ1v) is 13.3. The second-order valence-electron chi connectivity index (χ2n) is 8.85. The lowest BCUT2D eigenvalue weighted by Crippen LogP contribution is -2.35. The highest BCUT2D eigenvalue weighted by Crippen LogP contribution is 2.31. The van der Waals surface area contributed by atoms with E-state index >= 15 is 0 Å². The van der Waals surface area contributed by atoms with E-state index in [1.54, 1.807) is 0 Å². The molecule has 0 aromatic heterocycles. The van der Waals surface area contributed by atoms with Gasteiger partial charge in [-0.05, 0) is 18.4 Å². The minimum Gasteiger partial charge on any atom is -0.381 e. The zero-order chi connectivity index (χ0) is 23.9. The van der Waals surface area contributed by atoms with Gasteiger partial charge < -0.3 is 10.6 Å². The number of benzene rings is 1. The molecule has 0 saturated carbocycles. The summed E-state index contributed by atoms with van der Waals surface area (Å²) in [5, 5.41) is 6.42. The number of carbonyl (C=O) groups is 2. The molecule has 0 unspecified atom stereocenters. The van der Waals surface area contributed by atoms with Crippen LogP contribution in [0.25, 0.3) is 5.57 Å². The Balaban J connectivity index is 2.05. The van der Waals surface area contributed by atoms with Gasteiger partial charge in [-0.1, -0.05) is 120 Å². The third kappa shape index (κ3) is 8.66. The largest absolute Gasteiger partial charge is 0.381 e. The summed E-state index contributed by atoms with van der Waals surface area (Å²) in [6.07, 6.45) is 14.0. The molecule has 0 fully saturated rings. The number of nitrogens with one attached hydrogen (secondary N) is 2. The van der Waals surface area contributed by atoms with E-state index in [0.717, 1.165) is 31.2 Å². The molecule has 0 bridgehead atoms. The third-order valence-corrected chi connectivity index (χ3v) is 6.44. The molecule has 0 heterocycles. The second kappa shape index (κ2) is 15.7. The molecular formula is C28H41ClN2O2. The molecule has 4 nitrogen and oxygen atoms in total. The first-order chi connectivity index (χ1) is 16.1. The van der Waals surface area contributed by atoms with Gasteiger partial charge in [0.15, 0.2) is 0 Å². The molecule has 5 heteroatoms. The Labute approximate surface area is 205 Å². The molecule has 0 aliphatic heterocycles. The minimum absolute atomic E-state index is 0.00360. The number of allylic oxidation sites excluding steroid dienone is 2. The Morgan fingerprint density at radius 2 is 1.12 bits per heavy atom. The molecule has 0 spiro atoms.